The van der Waals surface area contributed by atoms with Crippen LogP contribution in [0.5, 0.6) is 0 Å². The fraction of sp³-hybridized carbons (Fsp3) is 1.00. The number of hydrogen-bond acceptors (Lipinski definition) is 3. The molecular formula is C12H26O3. The largest absolute Gasteiger partial charge is 0.390 e. The van der Waals surface area contributed by atoms with E-state index in [4.69, 9.17) is 0 Å². The zero-order chi connectivity index (χ0) is 12.1. The van der Waals surface area contributed by atoms with Crippen molar-refractivity contribution in [2.24, 2.45) is 0 Å². The molecule has 0 aliphatic heterocycles. The second kappa shape index (κ2) is 5.83. The third kappa shape index (κ3) is 6.88. The summed E-state index contributed by atoms with van der Waals surface area (Å²) < 4.78 is 0. The van der Waals surface area contributed by atoms with Crippen LogP contribution in [0.1, 0.15) is 59.8 Å². The lowest BCUT2D eigenvalue weighted by atomic mass is 9.86. The molecule has 0 saturated heterocycles. The first-order valence-corrected chi connectivity index (χ1v) is 5.82. The van der Waals surface area contributed by atoms with Crippen LogP contribution in [0, 0.1) is 0 Å². The number of rotatable bonds is 7. The summed E-state index contributed by atoms with van der Waals surface area (Å²) >= 11 is 0. The quantitative estimate of drug-likeness (QED) is 0.611. The zero-order valence-electron chi connectivity index (χ0n) is 10.5. The van der Waals surface area contributed by atoms with Gasteiger partial charge in [0, 0.05) is 0 Å². The Labute approximate surface area is 93.1 Å². The van der Waals surface area contributed by atoms with Gasteiger partial charge in [0.15, 0.2) is 0 Å². The molecule has 0 spiro atoms. The van der Waals surface area contributed by atoms with Gasteiger partial charge in [-0.1, -0.05) is 19.8 Å². The lowest BCUT2D eigenvalue weighted by Crippen LogP contribution is -2.40. The molecule has 0 aromatic rings. The van der Waals surface area contributed by atoms with E-state index in [9.17, 15) is 15.3 Å². The van der Waals surface area contributed by atoms with Gasteiger partial charge in [-0.25, -0.2) is 0 Å². The van der Waals surface area contributed by atoms with Crippen LogP contribution >= 0.6 is 0 Å². The standard InChI is InChI=1S/C12H26O3/c1-5-6-7-10(13)12(4,15)9-8-11(2,3)14/h10,13-15H,5-9H2,1-4H3. The first kappa shape index (κ1) is 14.9. The number of hydrogen-bond donors (Lipinski definition) is 3. The van der Waals surface area contributed by atoms with Crippen molar-refractivity contribution in [1.82, 2.24) is 0 Å². The van der Waals surface area contributed by atoms with Crippen LogP contribution in [0.2, 0.25) is 0 Å². The van der Waals surface area contributed by atoms with E-state index < -0.39 is 17.3 Å². The molecule has 15 heavy (non-hydrogen) atoms. The van der Waals surface area contributed by atoms with E-state index in [-0.39, 0.29) is 0 Å². The van der Waals surface area contributed by atoms with Crippen molar-refractivity contribution in [2.45, 2.75) is 77.1 Å². The maximum Gasteiger partial charge on any atom is 0.0878 e. The van der Waals surface area contributed by atoms with Gasteiger partial charge in [-0.2, -0.15) is 0 Å². The van der Waals surface area contributed by atoms with Crippen molar-refractivity contribution in [2.75, 3.05) is 0 Å². The number of aliphatic hydroxyl groups excluding tert-OH is 1. The average Bonchev–Trinajstić information content (AvgIpc) is 2.10. The summed E-state index contributed by atoms with van der Waals surface area (Å²) in [4.78, 5) is 0. The summed E-state index contributed by atoms with van der Waals surface area (Å²) in [6, 6.07) is 0. The van der Waals surface area contributed by atoms with E-state index in [0.717, 1.165) is 12.8 Å². The Morgan fingerprint density at radius 1 is 1.07 bits per heavy atom. The molecule has 0 rings (SSSR count). The predicted molar refractivity (Wildman–Crippen MR) is 61.7 cm³/mol. The second-order valence-corrected chi connectivity index (χ2v) is 5.33. The van der Waals surface area contributed by atoms with Crippen LogP contribution in [-0.2, 0) is 0 Å². The smallest absolute Gasteiger partial charge is 0.0878 e. The lowest BCUT2D eigenvalue weighted by Gasteiger charge is -2.31. The molecule has 0 aliphatic rings. The average molecular weight is 218 g/mol. The molecule has 0 fully saturated rings. The van der Waals surface area contributed by atoms with Crippen molar-refractivity contribution in [3.8, 4) is 0 Å². The molecule has 3 N–H and O–H groups in total. The molecule has 3 heteroatoms. The highest BCUT2D eigenvalue weighted by Crippen LogP contribution is 2.24. The normalized spacial score (nSPS) is 18.6. The Morgan fingerprint density at radius 3 is 2.00 bits per heavy atom. The molecular weight excluding hydrogens is 192 g/mol. The van der Waals surface area contributed by atoms with Crippen LogP contribution in [0.3, 0.4) is 0 Å². The van der Waals surface area contributed by atoms with Gasteiger partial charge >= 0.3 is 0 Å². The summed E-state index contributed by atoms with van der Waals surface area (Å²) in [5.41, 5.74) is -1.87. The van der Waals surface area contributed by atoms with Gasteiger partial charge < -0.3 is 15.3 Å². The molecule has 0 aromatic carbocycles. The second-order valence-electron chi connectivity index (χ2n) is 5.33. The molecule has 2 unspecified atom stereocenters. The first-order valence-electron chi connectivity index (χ1n) is 5.82. The van der Waals surface area contributed by atoms with Gasteiger partial charge in [0.05, 0.1) is 17.3 Å². The third-order valence-electron chi connectivity index (χ3n) is 2.79. The lowest BCUT2D eigenvalue weighted by molar-refractivity contribution is -0.0824. The maximum atomic E-state index is 10.0. The van der Waals surface area contributed by atoms with Gasteiger partial charge in [0.1, 0.15) is 0 Å². The fourth-order valence-electron chi connectivity index (χ4n) is 1.43. The third-order valence-corrected chi connectivity index (χ3v) is 2.79. The molecule has 0 bridgehead atoms. The molecule has 0 amide bonds. The minimum atomic E-state index is -1.09. The van der Waals surface area contributed by atoms with E-state index in [1.54, 1.807) is 20.8 Å². The summed E-state index contributed by atoms with van der Waals surface area (Å²) in [7, 11) is 0. The SMILES string of the molecule is CCCCC(O)C(C)(O)CCC(C)(C)O. The van der Waals surface area contributed by atoms with E-state index in [0.29, 0.717) is 19.3 Å². The Bertz CT molecular complexity index is 170. The van der Waals surface area contributed by atoms with Crippen molar-refractivity contribution < 1.29 is 15.3 Å². The Balaban J connectivity index is 4.04. The topological polar surface area (TPSA) is 60.7 Å². The van der Waals surface area contributed by atoms with E-state index in [1.165, 1.54) is 0 Å². The maximum absolute atomic E-state index is 10.0. The van der Waals surface area contributed by atoms with Gasteiger partial charge in [-0.15, -0.1) is 0 Å². The van der Waals surface area contributed by atoms with E-state index in [1.807, 2.05) is 0 Å². The Morgan fingerprint density at radius 2 is 1.60 bits per heavy atom. The molecule has 0 saturated carbocycles. The number of unbranched alkanes of at least 4 members (excludes halogenated alkanes) is 1. The summed E-state index contributed by atoms with van der Waals surface area (Å²) in [5.74, 6) is 0. The summed E-state index contributed by atoms with van der Waals surface area (Å²) in [5, 5.41) is 29.3. The molecule has 3 nitrogen and oxygen atoms in total. The molecule has 0 heterocycles. The minimum Gasteiger partial charge on any atom is -0.390 e. The Hall–Kier alpha value is -0.120. The monoisotopic (exact) mass is 218 g/mol. The van der Waals surface area contributed by atoms with Crippen molar-refractivity contribution in [3.63, 3.8) is 0 Å². The van der Waals surface area contributed by atoms with E-state index >= 15 is 0 Å². The predicted octanol–water partition coefficient (Wildman–Crippen LogP) is 1.84. The zero-order valence-corrected chi connectivity index (χ0v) is 10.5. The van der Waals surface area contributed by atoms with E-state index in [2.05, 4.69) is 6.92 Å². The molecule has 0 aromatic heterocycles. The van der Waals surface area contributed by atoms with Crippen LogP contribution in [0.15, 0.2) is 0 Å². The van der Waals surface area contributed by atoms with Gasteiger partial charge in [-0.3, -0.25) is 0 Å². The Kier molecular flexibility index (Phi) is 5.78. The van der Waals surface area contributed by atoms with Gasteiger partial charge in [-0.05, 0) is 40.0 Å². The number of aliphatic hydroxyl groups is 3. The first-order chi connectivity index (χ1) is 6.69. The molecule has 92 valence electrons. The molecule has 0 aliphatic carbocycles. The van der Waals surface area contributed by atoms with Crippen molar-refractivity contribution >= 4 is 0 Å². The van der Waals surface area contributed by atoms with Crippen molar-refractivity contribution in [1.29, 1.82) is 0 Å². The minimum absolute atomic E-state index is 0.418. The fourth-order valence-corrected chi connectivity index (χ4v) is 1.43. The van der Waals surface area contributed by atoms with Crippen LogP contribution in [0.25, 0.3) is 0 Å². The highest BCUT2D eigenvalue weighted by molar-refractivity contribution is 4.84. The summed E-state index contributed by atoms with van der Waals surface area (Å²) in [6.45, 7) is 7.11. The van der Waals surface area contributed by atoms with Crippen LogP contribution < -0.4 is 0 Å². The van der Waals surface area contributed by atoms with Gasteiger partial charge in [0.25, 0.3) is 0 Å². The molecule has 2 atom stereocenters. The highest BCUT2D eigenvalue weighted by Gasteiger charge is 2.31. The van der Waals surface area contributed by atoms with Crippen molar-refractivity contribution in [3.05, 3.63) is 0 Å². The van der Waals surface area contributed by atoms with Gasteiger partial charge in [0.2, 0.25) is 0 Å². The van der Waals surface area contributed by atoms with Crippen LogP contribution in [-0.4, -0.2) is 32.6 Å². The highest BCUT2D eigenvalue weighted by atomic mass is 16.3. The molecule has 0 radical (unpaired) electrons. The summed E-state index contributed by atoms with van der Waals surface area (Å²) in [6.07, 6.45) is 2.76. The van der Waals surface area contributed by atoms with Crippen LogP contribution in [0.4, 0.5) is 0 Å².